The molecule has 0 saturated carbocycles. The molecule has 15 heavy (non-hydrogen) atoms. The van der Waals surface area contributed by atoms with Gasteiger partial charge in [0.25, 0.3) is 0 Å². The molecule has 2 rings (SSSR count). The minimum Gasteiger partial charge on any atom is -0.345 e. The van der Waals surface area contributed by atoms with Gasteiger partial charge in [-0.3, -0.25) is 4.79 Å². The van der Waals surface area contributed by atoms with E-state index >= 15 is 0 Å². The lowest BCUT2D eigenvalue weighted by Gasteiger charge is -2.27. The Hall–Kier alpha value is -1.41. The van der Waals surface area contributed by atoms with Gasteiger partial charge in [-0.25, -0.2) is 4.98 Å². The van der Waals surface area contributed by atoms with Crippen molar-refractivity contribution in [3.8, 4) is 6.07 Å². The third kappa shape index (κ3) is 2.16. The van der Waals surface area contributed by atoms with Crippen LogP contribution in [-0.4, -0.2) is 29.4 Å². The lowest BCUT2D eigenvalue weighted by Crippen LogP contribution is -2.31. The number of carbonyl (C=O) groups excluding carboxylic acids is 1. The molecule has 0 aromatic carbocycles. The molecule has 0 unspecified atom stereocenters. The van der Waals surface area contributed by atoms with Crippen LogP contribution in [0.1, 0.15) is 29.5 Å². The minimum atomic E-state index is 0.424. The first-order valence-corrected chi connectivity index (χ1v) is 5.76. The molecule has 1 fully saturated rings. The molecule has 1 saturated heterocycles. The van der Waals surface area contributed by atoms with Crippen LogP contribution >= 0.6 is 11.3 Å². The smallest absolute Gasteiger partial charge is 0.209 e. The molecule has 0 N–H and O–H groups in total. The molecule has 0 radical (unpaired) electrons. The topological polar surface area (TPSA) is 57.0 Å². The number of likely N-dealkylation sites (tertiary alicyclic amines) is 1. The molecule has 5 heteroatoms. The van der Waals surface area contributed by atoms with Crippen LogP contribution in [-0.2, 0) is 4.79 Å². The predicted molar refractivity (Wildman–Crippen MR) is 56.4 cm³/mol. The van der Waals surface area contributed by atoms with Crippen molar-refractivity contribution in [1.82, 2.24) is 9.88 Å². The van der Waals surface area contributed by atoms with Crippen molar-refractivity contribution >= 4 is 17.7 Å². The van der Waals surface area contributed by atoms with Gasteiger partial charge >= 0.3 is 0 Å². The summed E-state index contributed by atoms with van der Waals surface area (Å²) in [4.78, 5) is 16.6. The van der Waals surface area contributed by atoms with Crippen molar-refractivity contribution in [1.29, 1.82) is 5.26 Å². The first-order valence-electron chi connectivity index (χ1n) is 4.88. The second-order valence-corrected chi connectivity index (χ2v) is 4.49. The Balaban J connectivity index is 2.01. The predicted octanol–water partition coefficient (Wildman–Crippen LogP) is 1.35. The molecule has 0 bridgehead atoms. The number of carbonyl (C=O) groups is 1. The fraction of sp³-hybridized carbons (Fsp3) is 0.500. The average Bonchev–Trinajstić information content (AvgIpc) is 2.78. The number of hydrogen-bond donors (Lipinski definition) is 0. The second kappa shape index (κ2) is 4.41. The van der Waals surface area contributed by atoms with Crippen molar-refractivity contribution in [2.45, 2.75) is 18.8 Å². The van der Waals surface area contributed by atoms with Gasteiger partial charge in [-0.1, -0.05) is 0 Å². The van der Waals surface area contributed by atoms with Crippen LogP contribution in [0.2, 0.25) is 0 Å². The van der Waals surface area contributed by atoms with E-state index in [1.54, 1.807) is 21.6 Å². The highest BCUT2D eigenvalue weighted by molar-refractivity contribution is 7.09. The van der Waals surface area contributed by atoms with Gasteiger partial charge in [0.2, 0.25) is 6.41 Å². The zero-order valence-corrected chi connectivity index (χ0v) is 9.04. The van der Waals surface area contributed by atoms with Crippen LogP contribution in [0.4, 0.5) is 0 Å². The van der Waals surface area contributed by atoms with Crippen molar-refractivity contribution < 1.29 is 4.79 Å². The average molecular weight is 221 g/mol. The van der Waals surface area contributed by atoms with Crippen LogP contribution in [0.3, 0.4) is 0 Å². The van der Waals surface area contributed by atoms with Gasteiger partial charge in [-0.2, -0.15) is 5.26 Å². The summed E-state index contributed by atoms with van der Waals surface area (Å²) in [6.07, 6.45) is 2.81. The number of aromatic nitrogens is 1. The number of nitrogens with zero attached hydrogens (tertiary/aromatic N) is 3. The SMILES string of the molecule is N#Cc1csc(C2CCN(C=O)CC2)n1. The van der Waals surface area contributed by atoms with E-state index in [1.165, 1.54) is 0 Å². The van der Waals surface area contributed by atoms with E-state index in [-0.39, 0.29) is 0 Å². The zero-order valence-electron chi connectivity index (χ0n) is 8.22. The van der Waals surface area contributed by atoms with Gasteiger partial charge in [-0.15, -0.1) is 11.3 Å². The van der Waals surface area contributed by atoms with E-state index in [1.807, 2.05) is 6.07 Å². The Morgan fingerprint density at radius 2 is 2.33 bits per heavy atom. The van der Waals surface area contributed by atoms with Gasteiger partial charge in [0.15, 0.2) is 5.69 Å². The summed E-state index contributed by atoms with van der Waals surface area (Å²) in [7, 11) is 0. The van der Waals surface area contributed by atoms with Crippen molar-refractivity contribution in [3.63, 3.8) is 0 Å². The van der Waals surface area contributed by atoms with E-state index in [0.29, 0.717) is 11.6 Å². The summed E-state index contributed by atoms with van der Waals surface area (Å²) >= 11 is 1.55. The summed E-state index contributed by atoms with van der Waals surface area (Å²) in [5, 5.41) is 11.5. The second-order valence-electron chi connectivity index (χ2n) is 3.60. The van der Waals surface area contributed by atoms with Gasteiger partial charge < -0.3 is 4.90 Å². The molecule has 0 atom stereocenters. The maximum atomic E-state index is 10.5. The molecule has 1 amide bonds. The number of hydrogen-bond acceptors (Lipinski definition) is 4. The summed E-state index contributed by atoms with van der Waals surface area (Å²) in [6, 6.07) is 2.04. The molecular formula is C10H11N3OS. The number of thiazole rings is 1. The molecule has 2 heterocycles. The van der Waals surface area contributed by atoms with Gasteiger partial charge in [0.05, 0.1) is 5.01 Å². The number of nitriles is 1. The van der Waals surface area contributed by atoms with E-state index in [9.17, 15) is 4.79 Å². The van der Waals surface area contributed by atoms with Gasteiger partial charge in [0, 0.05) is 24.4 Å². The van der Waals surface area contributed by atoms with E-state index in [0.717, 1.165) is 37.3 Å². The maximum Gasteiger partial charge on any atom is 0.209 e. The summed E-state index contributed by atoms with van der Waals surface area (Å²) < 4.78 is 0. The zero-order chi connectivity index (χ0) is 10.7. The Morgan fingerprint density at radius 1 is 1.60 bits per heavy atom. The molecular weight excluding hydrogens is 210 g/mol. The highest BCUT2D eigenvalue weighted by Gasteiger charge is 2.21. The molecule has 1 aromatic rings. The minimum absolute atomic E-state index is 0.424. The number of amides is 1. The molecule has 4 nitrogen and oxygen atoms in total. The quantitative estimate of drug-likeness (QED) is 0.708. The Kier molecular flexibility index (Phi) is 2.97. The van der Waals surface area contributed by atoms with Crippen LogP contribution in [0.25, 0.3) is 0 Å². The van der Waals surface area contributed by atoms with E-state index in [2.05, 4.69) is 4.98 Å². The van der Waals surface area contributed by atoms with Crippen LogP contribution in [0.5, 0.6) is 0 Å². The van der Waals surface area contributed by atoms with Gasteiger partial charge in [-0.05, 0) is 12.8 Å². The van der Waals surface area contributed by atoms with Gasteiger partial charge in [0.1, 0.15) is 6.07 Å². The maximum absolute atomic E-state index is 10.5. The lowest BCUT2D eigenvalue weighted by molar-refractivity contribution is -0.119. The fourth-order valence-corrected chi connectivity index (χ4v) is 2.70. The molecule has 1 aliphatic rings. The monoisotopic (exact) mass is 221 g/mol. The third-order valence-electron chi connectivity index (χ3n) is 2.66. The standard InChI is InChI=1S/C10H11N3OS/c11-5-9-6-15-10(12-9)8-1-3-13(7-14)4-2-8/h6-8H,1-4H2. The highest BCUT2D eigenvalue weighted by atomic mass is 32.1. The number of piperidine rings is 1. The van der Waals surface area contributed by atoms with E-state index < -0.39 is 0 Å². The first-order chi connectivity index (χ1) is 7.33. The largest absolute Gasteiger partial charge is 0.345 e. The fourth-order valence-electron chi connectivity index (χ4n) is 1.78. The van der Waals surface area contributed by atoms with Crippen molar-refractivity contribution in [3.05, 3.63) is 16.1 Å². The molecule has 78 valence electrons. The van der Waals surface area contributed by atoms with Crippen molar-refractivity contribution in [2.24, 2.45) is 0 Å². The lowest BCUT2D eigenvalue weighted by atomic mass is 9.98. The Labute approximate surface area is 92.2 Å². The van der Waals surface area contributed by atoms with Crippen LogP contribution in [0, 0.1) is 11.3 Å². The highest BCUT2D eigenvalue weighted by Crippen LogP contribution is 2.29. The van der Waals surface area contributed by atoms with Crippen LogP contribution in [0.15, 0.2) is 5.38 Å². The summed E-state index contributed by atoms with van der Waals surface area (Å²) in [5.74, 6) is 0.424. The normalized spacial score (nSPS) is 17.4. The molecule has 1 aromatic heterocycles. The van der Waals surface area contributed by atoms with E-state index in [4.69, 9.17) is 5.26 Å². The molecule has 1 aliphatic heterocycles. The number of rotatable bonds is 2. The molecule has 0 aliphatic carbocycles. The molecule has 0 spiro atoms. The Morgan fingerprint density at radius 3 is 2.87 bits per heavy atom. The summed E-state index contributed by atoms with van der Waals surface area (Å²) in [5.41, 5.74) is 0.507. The summed E-state index contributed by atoms with van der Waals surface area (Å²) in [6.45, 7) is 1.60. The Bertz CT molecular complexity index is 388. The first kappa shape index (κ1) is 10.1. The van der Waals surface area contributed by atoms with Crippen molar-refractivity contribution in [2.75, 3.05) is 13.1 Å². The van der Waals surface area contributed by atoms with Crippen LogP contribution < -0.4 is 0 Å². The third-order valence-corrected chi connectivity index (χ3v) is 3.67.